The number of nitrogens with one attached hydrogen (secondary N) is 1. The summed E-state index contributed by atoms with van der Waals surface area (Å²) in [5.41, 5.74) is 5.69. The molecule has 2 aliphatic rings. The highest BCUT2D eigenvalue weighted by Crippen LogP contribution is 2.57. The summed E-state index contributed by atoms with van der Waals surface area (Å²) in [4.78, 5) is 12.6. The van der Waals surface area contributed by atoms with Crippen LogP contribution in [0.15, 0.2) is 0 Å². The Morgan fingerprint density at radius 3 is 2.57 bits per heavy atom. The monoisotopic (exact) mass is 318 g/mol. The lowest BCUT2D eigenvalue weighted by atomic mass is 9.46. The Bertz CT molecular complexity index is 392. The molecule has 3 N–H and O–H groups in total. The van der Waals surface area contributed by atoms with Crippen molar-refractivity contribution in [3.05, 3.63) is 0 Å². The van der Waals surface area contributed by atoms with Gasteiger partial charge in [-0.1, -0.05) is 34.6 Å². The van der Waals surface area contributed by atoms with Crippen LogP contribution in [-0.4, -0.2) is 30.7 Å². The Kier molecular flexibility index (Phi) is 5.40. The van der Waals surface area contributed by atoms with Crippen molar-refractivity contribution in [3.63, 3.8) is 0 Å². The van der Waals surface area contributed by atoms with Gasteiger partial charge in [-0.2, -0.15) is 0 Å². The fraction of sp³-hybridized carbons (Fsp3) is 0.938. The maximum Gasteiger partial charge on any atom is 0.241 e. The van der Waals surface area contributed by atoms with Gasteiger partial charge in [-0.25, -0.2) is 0 Å². The minimum absolute atomic E-state index is 0. The summed E-state index contributed by atoms with van der Waals surface area (Å²) in [7, 11) is 0. The number of nitrogens with two attached hydrogens (primary N) is 1. The number of fused-ring (bicyclic) bond motifs is 1. The van der Waals surface area contributed by atoms with Crippen molar-refractivity contribution < 1.29 is 9.53 Å². The lowest BCUT2D eigenvalue weighted by Gasteiger charge is -2.65. The second-order valence-corrected chi connectivity index (χ2v) is 8.20. The first-order valence-electron chi connectivity index (χ1n) is 7.79. The van der Waals surface area contributed by atoms with Crippen molar-refractivity contribution in [3.8, 4) is 0 Å². The second kappa shape index (κ2) is 6.05. The molecule has 2 fully saturated rings. The fourth-order valence-corrected chi connectivity index (χ4v) is 3.73. The molecule has 21 heavy (non-hydrogen) atoms. The van der Waals surface area contributed by atoms with Crippen molar-refractivity contribution >= 4 is 18.3 Å². The van der Waals surface area contributed by atoms with Crippen molar-refractivity contribution in [2.24, 2.45) is 22.5 Å². The van der Waals surface area contributed by atoms with E-state index in [4.69, 9.17) is 10.5 Å². The first-order chi connectivity index (χ1) is 9.11. The van der Waals surface area contributed by atoms with Gasteiger partial charge in [-0.05, 0) is 24.7 Å². The first kappa shape index (κ1) is 18.7. The zero-order chi connectivity index (χ0) is 15.2. The summed E-state index contributed by atoms with van der Waals surface area (Å²) in [5, 5.41) is 3.05. The molecule has 0 bridgehead atoms. The highest BCUT2D eigenvalue weighted by Gasteiger charge is 2.70. The molecule has 1 saturated heterocycles. The van der Waals surface area contributed by atoms with Crippen LogP contribution in [0.5, 0.6) is 0 Å². The lowest BCUT2D eigenvalue weighted by Crippen LogP contribution is -2.82. The molecule has 1 aliphatic heterocycles. The van der Waals surface area contributed by atoms with E-state index in [9.17, 15) is 4.79 Å². The Balaban J connectivity index is 0.00000220. The summed E-state index contributed by atoms with van der Waals surface area (Å²) < 4.78 is 5.84. The van der Waals surface area contributed by atoms with Crippen LogP contribution >= 0.6 is 12.4 Å². The molecule has 5 heteroatoms. The number of rotatable bonds is 3. The molecule has 1 aliphatic carbocycles. The van der Waals surface area contributed by atoms with Crippen molar-refractivity contribution in [1.82, 2.24) is 5.32 Å². The molecular formula is C16H31ClN2O2. The molecule has 4 nitrogen and oxygen atoms in total. The summed E-state index contributed by atoms with van der Waals surface area (Å²) >= 11 is 0. The molecule has 1 saturated carbocycles. The Hall–Kier alpha value is -0.320. The molecule has 3 atom stereocenters. The van der Waals surface area contributed by atoms with Crippen LogP contribution in [0.4, 0.5) is 0 Å². The SMILES string of the molecule is CC(C)(C)CCNC(=O)C1(N)C2CCCOC2C1(C)C.Cl. The van der Waals surface area contributed by atoms with Crippen LogP contribution in [0.3, 0.4) is 0 Å². The largest absolute Gasteiger partial charge is 0.377 e. The number of ether oxygens (including phenoxy) is 1. The van der Waals surface area contributed by atoms with Crippen LogP contribution in [0, 0.1) is 16.7 Å². The quantitative estimate of drug-likeness (QED) is 0.840. The standard InChI is InChI=1S/C16H30N2O2.ClH/c1-14(2,3)8-9-18-13(19)16(17)11-7-6-10-20-12(11)15(16,4)5;/h11-12H,6-10,17H2,1-5H3,(H,18,19);1H. The van der Waals surface area contributed by atoms with Crippen LogP contribution in [0.25, 0.3) is 0 Å². The van der Waals surface area contributed by atoms with Gasteiger partial charge in [0.25, 0.3) is 0 Å². The number of halogens is 1. The molecule has 0 aromatic carbocycles. The smallest absolute Gasteiger partial charge is 0.241 e. The predicted octanol–water partition coefficient (Wildman–Crippen LogP) is 2.49. The zero-order valence-corrected chi connectivity index (χ0v) is 14.8. The molecule has 0 aromatic rings. The molecule has 0 aromatic heterocycles. The number of amides is 1. The molecule has 3 unspecified atom stereocenters. The van der Waals surface area contributed by atoms with Gasteiger partial charge in [0.05, 0.1) is 6.10 Å². The maximum atomic E-state index is 12.6. The van der Waals surface area contributed by atoms with Crippen LogP contribution in [0.1, 0.15) is 53.9 Å². The Labute approximate surface area is 135 Å². The fourth-order valence-electron chi connectivity index (χ4n) is 3.73. The minimum Gasteiger partial charge on any atom is -0.377 e. The first-order valence-corrected chi connectivity index (χ1v) is 7.79. The number of carbonyl (C=O) groups excluding carboxylic acids is 1. The van der Waals surface area contributed by atoms with Crippen LogP contribution < -0.4 is 11.1 Å². The third kappa shape index (κ3) is 3.08. The van der Waals surface area contributed by atoms with Gasteiger partial charge in [0.1, 0.15) is 5.54 Å². The van der Waals surface area contributed by atoms with E-state index in [1.165, 1.54) is 0 Å². The van der Waals surface area contributed by atoms with Crippen molar-refractivity contribution in [2.75, 3.05) is 13.2 Å². The molecule has 2 rings (SSSR count). The molecule has 0 radical (unpaired) electrons. The van der Waals surface area contributed by atoms with Gasteiger partial charge in [-0.3, -0.25) is 4.79 Å². The van der Waals surface area contributed by atoms with Gasteiger partial charge >= 0.3 is 0 Å². The van der Waals surface area contributed by atoms with E-state index < -0.39 is 5.54 Å². The molecule has 1 heterocycles. The highest BCUT2D eigenvalue weighted by molar-refractivity contribution is 5.89. The minimum atomic E-state index is -0.782. The van der Waals surface area contributed by atoms with E-state index in [0.29, 0.717) is 6.54 Å². The van der Waals surface area contributed by atoms with E-state index in [2.05, 4.69) is 39.9 Å². The summed E-state index contributed by atoms with van der Waals surface area (Å²) in [6, 6.07) is 0. The van der Waals surface area contributed by atoms with E-state index in [1.807, 2.05) is 0 Å². The van der Waals surface area contributed by atoms with Gasteiger partial charge < -0.3 is 15.8 Å². The topological polar surface area (TPSA) is 64.4 Å². The van der Waals surface area contributed by atoms with Crippen molar-refractivity contribution in [2.45, 2.75) is 65.5 Å². The zero-order valence-electron chi connectivity index (χ0n) is 14.0. The van der Waals surface area contributed by atoms with E-state index in [1.54, 1.807) is 0 Å². The van der Waals surface area contributed by atoms with Gasteiger partial charge in [0, 0.05) is 24.5 Å². The van der Waals surface area contributed by atoms with E-state index in [-0.39, 0.29) is 41.2 Å². The summed E-state index contributed by atoms with van der Waals surface area (Å²) in [5.74, 6) is 0.166. The highest BCUT2D eigenvalue weighted by atomic mass is 35.5. The third-order valence-corrected chi connectivity index (χ3v) is 5.22. The van der Waals surface area contributed by atoms with E-state index in [0.717, 1.165) is 25.9 Å². The summed E-state index contributed by atoms with van der Waals surface area (Å²) in [6.07, 6.45) is 3.09. The Morgan fingerprint density at radius 2 is 2.00 bits per heavy atom. The molecule has 124 valence electrons. The normalized spacial score (nSPS) is 34.2. The number of hydrogen-bond acceptors (Lipinski definition) is 3. The lowest BCUT2D eigenvalue weighted by molar-refractivity contribution is -0.225. The number of carbonyl (C=O) groups is 1. The average Bonchev–Trinajstić information content (AvgIpc) is 2.36. The van der Waals surface area contributed by atoms with Crippen LogP contribution in [0.2, 0.25) is 0 Å². The maximum absolute atomic E-state index is 12.6. The third-order valence-electron chi connectivity index (χ3n) is 5.22. The van der Waals surface area contributed by atoms with Crippen molar-refractivity contribution in [1.29, 1.82) is 0 Å². The van der Waals surface area contributed by atoms with Crippen LogP contribution in [-0.2, 0) is 9.53 Å². The molecular weight excluding hydrogens is 288 g/mol. The van der Waals surface area contributed by atoms with Gasteiger partial charge in [0.15, 0.2) is 0 Å². The predicted molar refractivity (Wildman–Crippen MR) is 87.5 cm³/mol. The molecule has 0 spiro atoms. The van der Waals surface area contributed by atoms with Gasteiger partial charge in [0.2, 0.25) is 5.91 Å². The number of hydrogen-bond donors (Lipinski definition) is 2. The average molecular weight is 319 g/mol. The second-order valence-electron chi connectivity index (χ2n) is 8.20. The van der Waals surface area contributed by atoms with E-state index >= 15 is 0 Å². The molecule has 1 amide bonds. The van der Waals surface area contributed by atoms with Gasteiger partial charge in [-0.15, -0.1) is 12.4 Å². The summed E-state index contributed by atoms with van der Waals surface area (Å²) in [6.45, 7) is 12.1. The Morgan fingerprint density at radius 1 is 1.38 bits per heavy atom.